The smallest absolute Gasteiger partial charge is 0.220 e. The maximum atomic E-state index is 12.2. The monoisotopic (exact) mass is 394 g/mol. The zero-order valence-corrected chi connectivity index (χ0v) is 16.6. The minimum absolute atomic E-state index is 0.0311. The normalized spacial score (nSPS) is 16.2. The third kappa shape index (κ3) is 4.54. The van der Waals surface area contributed by atoms with Gasteiger partial charge in [0, 0.05) is 37.8 Å². The highest BCUT2D eigenvalue weighted by Gasteiger charge is 2.24. The lowest BCUT2D eigenvalue weighted by atomic mass is 10.0. The summed E-state index contributed by atoms with van der Waals surface area (Å²) in [6.07, 6.45) is 5.60. The highest BCUT2D eigenvalue weighted by Crippen LogP contribution is 2.26. The second-order valence-electron chi connectivity index (χ2n) is 7.22. The Morgan fingerprint density at radius 1 is 1.28 bits per heavy atom. The molecule has 1 aliphatic rings. The van der Waals surface area contributed by atoms with Crippen LogP contribution in [0.4, 0.5) is 0 Å². The van der Waals surface area contributed by atoms with E-state index in [0.717, 1.165) is 47.7 Å². The van der Waals surface area contributed by atoms with Crippen LogP contribution in [0.3, 0.4) is 0 Å². The first-order valence-corrected chi connectivity index (χ1v) is 10.0. The van der Waals surface area contributed by atoms with Crippen LogP contribution in [-0.4, -0.2) is 52.4 Å². The van der Waals surface area contributed by atoms with E-state index >= 15 is 0 Å². The summed E-state index contributed by atoms with van der Waals surface area (Å²) in [5.41, 5.74) is 3.77. The molecule has 1 aromatic carbocycles. The Kier molecular flexibility index (Phi) is 6.00. The first-order valence-electron chi connectivity index (χ1n) is 10.0. The fourth-order valence-corrected chi connectivity index (χ4v) is 3.68. The van der Waals surface area contributed by atoms with Crippen molar-refractivity contribution >= 4 is 17.1 Å². The van der Waals surface area contributed by atoms with Crippen LogP contribution in [0.1, 0.15) is 30.0 Å². The summed E-state index contributed by atoms with van der Waals surface area (Å²) in [6.45, 7) is 3.01. The number of rotatable bonds is 8. The number of amides is 1. The second-order valence-corrected chi connectivity index (χ2v) is 7.22. The third-order valence-corrected chi connectivity index (χ3v) is 5.29. The number of methoxy groups -OCH3 is 1. The maximum absolute atomic E-state index is 12.2. The van der Waals surface area contributed by atoms with Gasteiger partial charge >= 0.3 is 0 Å². The van der Waals surface area contributed by atoms with Crippen LogP contribution in [0.2, 0.25) is 0 Å². The van der Waals surface area contributed by atoms with Crippen LogP contribution in [-0.2, 0) is 17.8 Å². The molecule has 0 radical (unpaired) electrons. The van der Waals surface area contributed by atoms with Gasteiger partial charge in [-0.3, -0.25) is 4.79 Å². The average molecular weight is 394 g/mol. The number of ether oxygens (including phenoxy) is 1. The van der Waals surface area contributed by atoms with Gasteiger partial charge in [0.2, 0.25) is 5.91 Å². The molecule has 3 aromatic rings. The number of carbonyl (C=O) groups is 1. The number of nitrogens with one attached hydrogen (secondary N) is 2. The zero-order valence-electron chi connectivity index (χ0n) is 16.6. The highest BCUT2D eigenvalue weighted by atomic mass is 16.5. The summed E-state index contributed by atoms with van der Waals surface area (Å²) in [6, 6.07) is 7.79. The molecule has 0 spiro atoms. The van der Waals surface area contributed by atoms with Crippen molar-refractivity contribution in [3.63, 3.8) is 0 Å². The molecule has 2 aromatic heterocycles. The Labute approximate surface area is 169 Å². The van der Waals surface area contributed by atoms with Crippen molar-refractivity contribution in [2.24, 2.45) is 0 Å². The Hall–Kier alpha value is -3.00. The molecular formula is C21H26N6O2. The number of fused-ring (bicyclic) bond motifs is 1. The van der Waals surface area contributed by atoms with E-state index in [9.17, 15) is 4.79 Å². The van der Waals surface area contributed by atoms with Crippen LogP contribution in [0.15, 0.2) is 36.7 Å². The molecule has 1 aliphatic heterocycles. The molecule has 0 aliphatic carbocycles. The van der Waals surface area contributed by atoms with Crippen molar-refractivity contribution in [2.75, 3.05) is 26.7 Å². The standard InChI is InChI=1S/C21H26N6O2/c1-29-17-5-2-15(3-6-17)4-7-18(28)23-12-13-27-21-20(24-10-11-25-21)19(26-27)16-8-9-22-14-16/h2-3,5-6,10-11,16,22H,4,7-9,12-14H2,1H3,(H,23,28)/t16-/m0/s1. The fourth-order valence-electron chi connectivity index (χ4n) is 3.68. The molecule has 0 saturated carbocycles. The summed E-state index contributed by atoms with van der Waals surface area (Å²) in [7, 11) is 1.64. The molecule has 1 atom stereocenters. The molecule has 0 unspecified atom stereocenters. The van der Waals surface area contributed by atoms with E-state index in [1.807, 2.05) is 28.9 Å². The van der Waals surface area contributed by atoms with Gasteiger partial charge in [0.1, 0.15) is 11.3 Å². The third-order valence-electron chi connectivity index (χ3n) is 5.29. The summed E-state index contributed by atoms with van der Waals surface area (Å²) in [5, 5.41) is 11.1. The average Bonchev–Trinajstić information content (AvgIpc) is 3.41. The van der Waals surface area contributed by atoms with Gasteiger partial charge in [0.25, 0.3) is 0 Å². The van der Waals surface area contributed by atoms with Crippen LogP contribution in [0.25, 0.3) is 11.2 Å². The Morgan fingerprint density at radius 2 is 2.10 bits per heavy atom. The van der Waals surface area contributed by atoms with E-state index in [-0.39, 0.29) is 5.91 Å². The summed E-state index contributed by atoms with van der Waals surface area (Å²) >= 11 is 0. The first-order chi connectivity index (χ1) is 14.2. The minimum atomic E-state index is 0.0311. The predicted octanol–water partition coefficient (Wildman–Crippen LogP) is 1.66. The van der Waals surface area contributed by atoms with Crippen LogP contribution >= 0.6 is 0 Å². The van der Waals surface area contributed by atoms with Crippen LogP contribution < -0.4 is 15.4 Å². The lowest BCUT2D eigenvalue weighted by Gasteiger charge is -2.07. The molecule has 1 saturated heterocycles. The quantitative estimate of drug-likeness (QED) is 0.604. The molecule has 1 fully saturated rings. The number of hydrogen-bond donors (Lipinski definition) is 2. The molecule has 4 rings (SSSR count). The molecule has 152 valence electrons. The van der Waals surface area contributed by atoms with E-state index < -0.39 is 0 Å². The molecule has 8 nitrogen and oxygen atoms in total. The largest absolute Gasteiger partial charge is 0.497 e. The second kappa shape index (κ2) is 9.00. The van der Waals surface area contributed by atoms with Crippen molar-refractivity contribution in [3.8, 4) is 5.75 Å². The van der Waals surface area contributed by atoms with Crippen LogP contribution in [0, 0.1) is 0 Å². The Balaban J connectivity index is 1.32. The van der Waals surface area contributed by atoms with Gasteiger partial charge in [0.05, 0.1) is 19.3 Å². The van der Waals surface area contributed by atoms with E-state index in [0.29, 0.717) is 31.8 Å². The van der Waals surface area contributed by atoms with Gasteiger partial charge < -0.3 is 15.4 Å². The number of nitrogens with zero attached hydrogens (tertiary/aromatic N) is 4. The Bertz CT molecular complexity index is 963. The van der Waals surface area contributed by atoms with Gasteiger partial charge in [-0.1, -0.05) is 12.1 Å². The molecule has 8 heteroatoms. The van der Waals surface area contributed by atoms with Crippen molar-refractivity contribution in [1.82, 2.24) is 30.4 Å². The number of carbonyl (C=O) groups excluding carboxylic acids is 1. The van der Waals surface area contributed by atoms with Crippen molar-refractivity contribution in [2.45, 2.75) is 31.7 Å². The highest BCUT2D eigenvalue weighted by molar-refractivity contribution is 5.76. The molecular weight excluding hydrogens is 368 g/mol. The van der Waals surface area contributed by atoms with Gasteiger partial charge in [-0.2, -0.15) is 5.10 Å². The lowest BCUT2D eigenvalue weighted by Crippen LogP contribution is -2.27. The van der Waals surface area contributed by atoms with Crippen molar-refractivity contribution in [3.05, 3.63) is 47.9 Å². The van der Waals surface area contributed by atoms with E-state index in [1.54, 1.807) is 19.5 Å². The molecule has 1 amide bonds. The molecule has 0 bridgehead atoms. The SMILES string of the molecule is COc1ccc(CCC(=O)NCCn2nc([C@H]3CCNC3)c3nccnc32)cc1. The fraction of sp³-hybridized carbons (Fsp3) is 0.429. The van der Waals surface area contributed by atoms with Crippen molar-refractivity contribution < 1.29 is 9.53 Å². The number of hydrogen-bond acceptors (Lipinski definition) is 6. The minimum Gasteiger partial charge on any atom is -0.497 e. The summed E-state index contributed by atoms with van der Waals surface area (Å²) in [4.78, 5) is 21.2. The molecule has 2 N–H and O–H groups in total. The van der Waals surface area contributed by atoms with E-state index in [1.165, 1.54) is 0 Å². The summed E-state index contributed by atoms with van der Waals surface area (Å²) < 4.78 is 7.01. The maximum Gasteiger partial charge on any atom is 0.220 e. The zero-order chi connectivity index (χ0) is 20.1. The van der Waals surface area contributed by atoms with Gasteiger partial charge in [0.15, 0.2) is 5.65 Å². The molecule has 29 heavy (non-hydrogen) atoms. The van der Waals surface area contributed by atoms with Crippen molar-refractivity contribution in [1.29, 1.82) is 0 Å². The van der Waals surface area contributed by atoms with Gasteiger partial charge in [-0.05, 0) is 37.1 Å². The van der Waals surface area contributed by atoms with Crippen LogP contribution in [0.5, 0.6) is 5.75 Å². The van der Waals surface area contributed by atoms with Gasteiger partial charge in [-0.15, -0.1) is 0 Å². The predicted molar refractivity (Wildman–Crippen MR) is 110 cm³/mol. The molecule has 3 heterocycles. The van der Waals surface area contributed by atoms with Gasteiger partial charge in [-0.25, -0.2) is 14.6 Å². The lowest BCUT2D eigenvalue weighted by molar-refractivity contribution is -0.121. The summed E-state index contributed by atoms with van der Waals surface area (Å²) in [5.74, 6) is 1.22. The first kappa shape index (κ1) is 19.3. The number of aryl methyl sites for hydroxylation is 1. The number of benzene rings is 1. The van der Waals surface area contributed by atoms with E-state index in [4.69, 9.17) is 9.84 Å². The Morgan fingerprint density at radius 3 is 2.86 bits per heavy atom. The van der Waals surface area contributed by atoms with E-state index in [2.05, 4.69) is 20.6 Å². The number of aromatic nitrogens is 4. The topological polar surface area (TPSA) is 94.0 Å².